The zero-order valence-electron chi connectivity index (χ0n) is 10.1. The van der Waals surface area contributed by atoms with Crippen LogP contribution in [0.3, 0.4) is 0 Å². The van der Waals surface area contributed by atoms with Gasteiger partial charge in [-0.05, 0) is 29.5 Å². The van der Waals surface area contributed by atoms with Crippen molar-refractivity contribution in [1.29, 1.82) is 0 Å². The highest BCUT2D eigenvalue weighted by Crippen LogP contribution is 2.29. The fraction of sp³-hybridized carbons (Fsp3) is 0.400. The molecule has 0 saturated heterocycles. The Bertz CT molecular complexity index is 561. The molecule has 1 aromatic carbocycles. The second kappa shape index (κ2) is 6.74. The summed E-state index contributed by atoms with van der Waals surface area (Å²) < 4.78 is 74.5. The van der Waals surface area contributed by atoms with E-state index in [1.807, 2.05) is 4.72 Å². The van der Waals surface area contributed by atoms with Crippen molar-refractivity contribution < 1.29 is 26.0 Å². The number of nitrogens with one attached hydrogen (secondary N) is 1. The summed E-state index contributed by atoms with van der Waals surface area (Å²) in [6.07, 6.45) is 0. The molecule has 0 aliphatic carbocycles. The maximum absolute atomic E-state index is 13.5. The Hall–Kier alpha value is -0.840. The number of hydrogen-bond donors (Lipinski definition) is 2. The van der Waals surface area contributed by atoms with E-state index in [0.717, 1.165) is 12.1 Å². The highest BCUT2D eigenvalue weighted by molar-refractivity contribution is 8.00. The molecule has 4 nitrogen and oxygen atoms in total. The van der Waals surface area contributed by atoms with Gasteiger partial charge in [0.15, 0.2) is 0 Å². The van der Waals surface area contributed by atoms with E-state index in [2.05, 4.69) is 0 Å². The summed E-state index contributed by atoms with van der Waals surface area (Å²) in [6.45, 7) is -0.439. The lowest BCUT2D eigenvalue weighted by atomic mass is 10.2. The van der Waals surface area contributed by atoms with E-state index in [9.17, 15) is 26.0 Å². The normalized spacial score (nSPS) is 12.7. The lowest BCUT2D eigenvalue weighted by Gasteiger charge is -2.09. The summed E-state index contributed by atoms with van der Waals surface area (Å²) in [5.41, 5.74) is 1.28. The van der Waals surface area contributed by atoms with Gasteiger partial charge in [-0.15, -0.1) is 0 Å². The molecule has 0 spiro atoms. The van der Waals surface area contributed by atoms with Crippen LogP contribution < -0.4 is 10.5 Å². The third-order valence-electron chi connectivity index (χ3n) is 2.18. The monoisotopic (exact) mass is 332 g/mol. The van der Waals surface area contributed by atoms with E-state index < -0.39 is 38.5 Å². The number of alkyl halides is 3. The van der Waals surface area contributed by atoms with E-state index in [-0.39, 0.29) is 18.3 Å². The molecular weight excluding hydrogens is 320 g/mol. The summed E-state index contributed by atoms with van der Waals surface area (Å²) in [6, 6.07) is 3.32. The summed E-state index contributed by atoms with van der Waals surface area (Å²) in [5.74, 6) is -1.49. The number of thioether (sulfide) groups is 1. The minimum Gasteiger partial charge on any atom is -0.326 e. The van der Waals surface area contributed by atoms with Crippen LogP contribution in [0.4, 0.5) is 17.6 Å². The van der Waals surface area contributed by atoms with Crippen molar-refractivity contribution in [3.05, 3.63) is 29.6 Å². The molecule has 0 radical (unpaired) electrons. The molecule has 1 rings (SSSR count). The molecule has 0 saturated carbocycles. The first-order chi connectivity index (χ1) is 9.15. The molecule has 0 bridgehead atoms. The Morgan fingerprint density at radius 1 is 1.30 bits per heavy atom. The molecular formula is C10H12F4N2O2S2. The molecule has 114 valence electrons. The number of nitrogens with two attached hydrogens (primary N) is 1. The maximum atomic E-state index is 13.5. The van der Waals surface area contributed by atoms with Gasteiger partial charge < -0.3 is 5.73 Å². The molecule has 0 fully saturated rings. The van der Waals surface area contributed by atoms with Gasteiger partial charge in [0.05, 0.1) is 0 Å². The quantitative estimate of drug-likeness (QED) is 0.616. The van der Waals surface area contributed by atoms with Gasteiger partial charge in [-0.3, -0.25) is 0 Å². The van der Waals surface area contributed by atoms with E-state index in [0.29, 0.717) is 5.56 Å². The first kappa shape index (κ1) is 17.2. The van der Waals surface area contributed by atoms with E-state index >= 15 is 0 Å². The van der Waals surface area contributed by atoms with Crippen molar-refractivity contribution in [2.24, 2.45) is 5.73 Å². The van der Waals surface area contributed by atoms with Crippen molar-refractivity contribution >= 4 is 21.8 Å². The summed E-state index contributed by atoms with van der Waals surface area (Å²) in [5, 5.41) is 0. The molecule has 3 N–H and O–H groups in total. The highest BCUT2D eigenvalue weighted by Gasteiger charge is 2.28. The largest absolute Gasteiger partial charge is 0.441 e. The Kier molecular flexibility index (Phi) is 5.80. The van der Waals surface area contributed by atoms with Crippen molar-refractivity contribution in [3.8, 4) is 0 Å². The Morgan fingerprint density at radius 2 is 1.95 bits per heavy atom. The van der Waals surface area contributed by atoms with Crippen LogP contribution >= 0.6 is 11.8 Å². The van der Waals surface area contributed by atoms with Crippen LogP contribution in [0.1, 0.15) is 5.56 Å². The van der Waals surface area contributed by atoms with Crippen molar-refractivity contribution in [2.75, 3.05) is 12.3 Å². The Morgan fingerprint density at radius 3 is 2.50 bits per heavy atom. The van der Waals surface area contributed by atoms with E-state index in [4.69, 9.17) is 5.73 Å². The number of rotatable bonds is 6. The zero-order valence-corrected chi connectivity index (χ0v) is 11.7. The smallest absolute Gasteiger partial charge is 0.326 e. The molecule has 0 amide bonds. The molecule has 0 aliphatic heterocycles. The minimum absolute atomic E-state index is 0.0206. The van der Waals surface area contributed by atoms with Gasteiger partial charge >= 0.3 is 5.51 Å². The summed E-state index contributed by atoms with van der Waals surface area (Å²) in [7, 11) is -4.20. The lowest BCUT2D eigenvalue weighted by molar-refractivity contribution is -0.0327. The fourth-order valence-corrected chi connectivity index (χ4v) is 3.02. The van der Waals surface area contributed by atoms with Gasteiger partial charge in [0, 0.05) is 18.8 Å². The predicted octanol–water partition coefficient (Wildman–Crippen LogP) is 1.82. The number of hydrogen-bond acceptors (Lipinski definition) is 4. The Balaban J connectivity index is 2.74. The third kappa shape index (κ3) is 5.27. The first-order valence-corrected chi connectivity index (χ1v) is 7.81. The van der Waals surface area contributed by atoms with Crippen LogP contribution in [0.15, 0.2) is 23.1 Å². The average Bonchev–Trinajstić information content (AvgIpc) is 2.34. The van der Waals surface area contributed by atoms with Crippen molar-refractivity contribution in [1.82, 2.24) is 4.72 Å². The van der Waals surface area contributed by atoms with Crippen LogP contribution in [0.2, 0.25) is 0 Å². The van der Waals surface area contributed by atoms with E-state index in [1.165, 1.54) is 6.07 Å². The second-order valence-electron chi connectivity index (χ2n) is 3.66. The molecule has 0 heterocycles. The van der Waals surface area contributed by atoms with Gasteiger partial charge in [0.2, 0.25) is 10.0 Å². The summed E-state index contributed by atoms with van der Waals surface area (Å²) >= 11 is -0.359. The van der Waals surface area contributed by atoms with Gasteiger partial charge in [-0.1, -0.05) is 6.07 Å². The number of benzene rings is 1. The SMILES string of the molecule is NCc1ccc(F)c(S(=O)(=O)NCCSC(F)(F)F)c1. The maximum Gasteiger partial charge on any atom is 0.441 e. The van der Waals surface area contributed by atoms with Crippen LogP contribution in [-0.2, 0) is 16.6 Å². The van der Waals surface area contributed by atoms with Crippen molar-refractivity contribution in [3.63, 3.8) is 0 Å². The molecule has 20 heavy (non-hydrogen) atoms. The molecule has 0 atom stereocenters. The third-order valence-corrected chi connectivity index (χ3v) is 4.39. The Labute approximate surface area is 117 Å². The standard InChI is InChI=1S/C10H12F4N2O2S2/c11-8-2-1-7(6-15)5-9(8)20(17,18)16-3-4-19-10(12,13)14/h1-2,5,16H,3-4,6,15H2. The van der Waals surface area contributed by atoms with Crippen LogP contribution in [0, 0.1) is 5.82 Å². The predicted molar refractivity (Wildman–Crippen MR) is 68.0 cm³/mol. The van der Waals surface area contributed by atoms with Gasteiger partial charge in [-0.2, -0.15) is 13.2 Å². The number of halogens is 4. The lowest BCUT2D eigenvalue weighted by Crippen LogP contribution is -2.27. The van der Waals surface area contributed by atoms with Gasteiger partial charge in [0.25, 0.3) is 0 Å². The fourth-order valence-electron chi connectivity index (χ4n) is 1.30. The molecule has 0 unspecified atom stereocenters. The van der Waals surface area contributed by atoms with E-state index in [1.54, 1.807) is 0 Å². The van der Waals surface area contributed by atoms with Crippen LogP contribution in [0.25, 0.3) is 0 Å². The molecule has 0 aromatic heterocycles. The number of sulfonamides is 1. The van der Waals surface area contributed by atoms with Crippen LogP contribution in [-0.4, -0.2) is 26.2 Å². The molecule has 1 aromatic rings. The van der Waals surface area contributed by atoms with Gasteiger partial charge in [-0.25, -0.2) is 17.5 Å². The average molecular weight is 332 g/mol. The van der Waals surface area contributed by atoms with Gasteiger partial charge in [0.1, 0.15) is 10.7 Å². The molecule has 0 aliphatic rings. The highest BCUT2D eigenvalue weighted by atomic mass is 32.2. The minimum atomic E-state index is -4.43. The molecule has 10 heteroatoms. The zero-order chi connectivity index (χ0) is 15.4. The van der Waals surface area contributed by atoms with Crippen molar-refractivity contribution in [2.45, 2.75) is 16.9 Å². The second-order valence-corrected chi connectivity index (χ2v) is 6.56. The summed E-state index contributed by atoms with van der Waals surface area (Å²) in [4.78, 5) is -0.627. The first-order valence-electron chi connectivity index (χ1n) is 5.34. The van der Waals surface area contributed by atoms with Crippen LogP contribution in [0.5, 0.6) is 0 Å². The topological polar surface area (TPSA) is 72.2 Å².